The lowest BCUT2D eigenvalue weighted by molar-refractivity contribution is -0.140. The highest BCUT2D eigenvalue weighted by molar-refractivity contribution is 7.09. The molecule has 7 nitrogen and oxygen atoms in total. The minimum atomic E-state index is -4.48. The Hall–Kier alpha value is -1.72. The Morgan fingerprint density at radius 1 is 1.42 bits per heavy atom. The number of thiazole rings is 1. The van der Waals surface area contributed by atoms with Gasteiger partial charge in [0.1, 0.15) is 5.01 Å². The van der Waals surface area contributed by atoms with Gasteiger partial charge >= 0.3 is 6.18 Å². The van der Waals surface area contributed by atoms with Crippen LogP contribution in [0, 0.1) is 0 Å². The second-order valence-electron chi connectivity index (χ2n) is 5.85. The first-order valence-corrected chi connectivity index (χ1v) is 8.62. The third-order valence-electron chi connectivity index (χ3n) is 3.97. The molecule has 1 fully saturated rings. The summed E-state index contributed by atoms with van der Waals surface area (Å²) in [5, 5.41) is 12.3. The fraction of sp³-hybridized carbons (Fsp3) is 0.571. The summed E-state index contributed by atoms with van der Waals surface area (Å²) in [5.41, 5.74) is -0.765. The Labute approximate surface area is 158 Å². The zero-order chi connectivity index (χ0) is 18.0. The number of hydrogen-bond acceptors (Lipinski definition) is 6. The average Bonchev–Trinajstić information content (AvgIpc) is 3.24. The van der Waals surface area contributed by atoms with Gasteiger partial charge in [0.25, 0.3) is 5.91 Å². The summed E-state index contributed by atoms with van der Waals surface area (Å²) in [6, 6.07) is 0.203. The summed E-state index contributed by atoms with van der Waals surface area (Å²) in [7, 11) is 1.50. The third kappa shape index (κ3) is 4.71. The van der Waals surface area contributed by atoms with Crippen LogP contribution in [-0.4, -0.2) is 50.9 Å². The molecule has 12 heteroatoms. The largest absolute Gasteiger partial charge is 0.434 e. The SMILES string of the molecule is CN(Cc1nc(C(F)(F)F)cs1)C(=O)c1cn(C2CCNCC2)nn1.Cl. The quantitative estimate of drug-likeness (QED) is 0.837. The maximum atomic E-state index is 12.6. The molecule has 144 valence electrons. The van der Waals surface area contributed by atoms with Crippen LogP contribution in [0.1, 0.15) is 40.1 Å². The van der Waals surface area contributed by atoms with E-state index in [9.17, 15) is 18.0 Å². The Balaban J connectivity index is 0.00000243. The van der Waals surface area contributed by atoms with Gasteiger partial charge in [-0.15, -0.1) is 28.8 Å². The first kappa shape index (κ1) is 20.6. The van der Waals surface area contributed by atoms with E-state index in [1.165, 1.54) is 11.9 Å². The number of rotatable bonds is 4. The summed E-state index contributed by atoms with van der Waals surface area (Å²) in [6.45, 7) is 1.76. The highest BCUT2D eigenvalue weighted by Gasteiger charge is 2.34. The number of nitrogens with one attached hydrogen (secondary N) is 1. The molecule has 0 aliphatic carbocycles. The molecular formula is C14H18ClF3N6OS. The minimum absolute atomic E-state index is 0. The van der Waals surface area contributed by atoms with Crippen molar-refractivity contribution in [3.05, 3.63) is 28.0 Å². The highest BCUT2D eigenvalue weighted by Crippen LogP contribution is 2.30. The molecule has 1 N–H and O–H groups in total. The molecule has 0 bridgehead atoms. The number of carbonyl (C=O) groups excluding carboxylic acids is 1. The molecule has 2 aromatic rings. The van der Waals surface area contributed by atoms with Crippen molar-refractivity contribution in [3.8, 4) is 0 Å². The fourth-order valence-electron chi connectivity index (χ4n) is 2.61. The van der Waals surface area contributed by atoms with Crippen molar-refractivity contribution in [2.75, 3.05) is 20.1 Å². The minimum Gasteiger partial charge on any atom is -0.333 e. The van der Waals surface area contributed by atoms with Crippen molar-refractivity contribution >= 4 is 29.7 Å². The van der Waals surface area contributed by atoms with Crippen LogP contribution in [0.5, 0.6) is 0 Å². The number of halogens is 4. The van der Waals surface area contributed by atoms with E-state index in [0.29, 0.717) is 0 Å². The van der Waals surface area contributed by atoms with E-state index < -0.39 is 17.8 Å². The Bertz CT molecular complexity index is 743. The third-order valence-corrected chi connectivity index (χ3v) is 4.81. The van der Waals surface area contributed by atoms with Crippen LogP contribution in [0.25, 0.3) is 0 Å². The molecule has 0 aromatic carbocycles. The Kier molecular flexibility index (Phi) is 6.58. The van der Waals surface area contributed by atoms with Gasteiger partial charge < -0.3 is 10.2 Å². The Morgan fingerprint density at radius 2 is 2.12 bits per heavy atom. The van der Waals surface area contributed by atoms with Crippen LogP contribution in [0.15, 0.2) is 11.6 Å². The lowest BCUT2D eigenvalue weighted by Crippen LogP contribution is -2.29. The van der Waals surface area contributed by atoms with E-state index in [2.05, 4.69) is 20.6 Å². The zero-order valence-electron chi connectivity index (χ0n) is 13.9. The van der Waals surface area contributed by atoms with Crippen molar-refractivity contribution in [1.82, 2.24) is 30.2 Å². The second kappa shape index (κ2) is 8.31. The van der Waals surface area contributed by atoms with E-state index in [1.807, 2.05) is 0 Å². The van der Waals surface area contributed by atoms with E-state index in [4.69, 9.17) is 0 Å². The van der Waals surface area contributed by atoms with Gasteiger partial charge in [-0.1, -0.05) is 5.21 Å². The van der Waals surface area contributed by atoms with Crippen LogP contribution in [-0.2, 0) is 12.7 Å². The normalized spacial score (nSPS) is 15.5. The van der Waals surface area contributed by atoms with Gasteiger partial charge in [0, 0.05) is 12.4 Å². The van der Waals surface area contributed by atoms with Gasteiger partial charge in [0.15, 0.2) is 11.4 Å². The smallest absolute Gasteiger partial charge is 0.333 e. The van der Waals surface area contributed by atoms with Crippen LogP contribution >= 0.6 is 23.7 Å². The maximum absolute atomic E-state index is 12.6. The van der Waals surface area contributed by atoms with Crippen molar-refractivity contribution in [3.63, 3.8) is 0 Å². The van der Waals surface area contributed by atoms with Gasteiger partial charge in [-0.3, -0.25) is 4.79 Å². The van der Waals surface area contributed by atoms with E-state index in [1.54, 1.807) is 10.9 Å². The van der Waals surface area contributed by atoms with Crippen LogP contribution in [0.3, 0.4) is 0 Å². The van der Waals surface area contributed by atoms with E-state index in [-0.39, 0.29) is 35.7 Å². The van der Waals surface area contributed by atoms with E-state index in [0.717, 1.165) is 42.6 Å². The molecule has 0 spiro atoms. The maximum Gasteiger partial charge on any atom is 0.434 e. The molecule has 1 aliphatic heterocycles. The van der Waals surface area contributed by atoms with Crippen LogP contribution in [0.4, 0.5) is 13.2 Å². The van der Waals surface area contributed by atoms with Crippen molar-refractivity contribution < 1.29 is 18.0 Å². The molecule has 0 unspecified atom stereocenters. The number of aromatic nitrogens is 4. The summed E-state index contributed by atoms with van der Waals surface area (Å²) < 4.78 is 39.4. The van der Waals surface area contributed by atoms with Gasteiger partial charge in [-0.05, 0) is 25.9 Å². The lowest BCUT2D eigenvalue weighted by Gasteiger charge is -2.22. The number of hydrogen-bond donors (Lipinski definition) is 1. The molecule has 1 saturated heterocycles. The number of piperidine rings is 1. The molecule has 0 radical (unpaired) electrons. The molecule has 0 atom stereocenters. The number of amides is 1. The first-order valence-electron chi connectivity index (χ1n) is 7.74. The summed E-state index contributed by atoms with van der Waals surface area (Å²) in [4.78, 5) is 17.2. The lowest BCUT2D eigenvalue weighted by atomic mass is 10.1. The van der Waals surface area contributed by atoms with Crippen molar-refractivity contribution in [2.24, 2.45) is 0 Å². The molecule has 3 rings (SSSR count). The van der Waals surface area contributed by atoms with Gasteiger partial charge in [-0.25, -0.2) is 9.67 Å². The average molecular weight is 411 g/mol. The van der Waals surface area contributed by atoms with E-state index >= 15 is 0 Å². The second-order valence-corrected chi connectivity index (χ2v) is 6.79. The predicted molar refractivity (Wildman–Crippen MR) is 91.3 cm³/mol. The summed E-state index contributed by atoms with van der Waals surface area (Å²) in [6.07, 6.45) is -1.06. The predicted octanol–water partition coefficient (Wildman–Crippen LogP) is 2.37. The van der Waals surface area contributed by atoms with Gasteiger partial charge in [0.05, 0.1) is 18.8 Å². The molecule has 2 aromatic heterocycles. The Morgan fingerprint density at radius 3 is 2.73 bits per heavy atom. The highest BCUT2D eigenvalue weighted by atomic mass is 35.5. The number of carbonyl (C=O) groups is 1. The van der Waals surface area contributed by atoms with Gasteiger partial charge in [0.2, 0.25) is 0 Å². The van der Waals surface area contributed by atoms with Crippen molar-refractivity contribution in [2.45, 2.75) is 31.6 Å². The monoisotopic (exact) mass is 410 g/mol. The molecule has 3 heterocycles. The topological polar surface area (TPSA) is 75.9 Å². The molecule has 1 amide bonds. The first-order chi connectivity index (χ1) is 11.8. The number of alkyl halides is 3. The van der Waals surface area contributed by atoms with Crippen LogP contribution < -0.4 is 5.32 Å². The summed E-state index contributed by atoms with van der Waals surface area (Å²) >= 11 is 0.872. The molecule has 1 aliphatic rings. The standard InChI is InChI=1S/C14H17F3N6OS.ClH/c1-22(7-12-19-11(8-25-12)14(15,16)17)13(24)10-6-23(21-20-10)9-2-4-18-5-3-9;/h6,8-9,18H,2-5,7H2,1H3;1H. The summed E-state index contributed by atoms with van der Waals surface area (Å²) in [5.74, 6) is -0.399. The molecular weight excluding hydrogens is 393 g/mol. The molecule has 26 heavy (non-hydrogen) atoms. The van der Waals surface area contributed by atoms with Crippen molar-refractivity contribution in [1.29, 1.82) is 0 Å². The molecule has 0 saturated carbocycles. The van der Waals surface area contributed by atoms with Crippen LogP contribution in [0.2, 0.25) is 0 Å². The number of nitrogens with zero attached hydrogens (tertiary/aromatic N) is 5. The zero-order valence-corrected chi connectivity index (χ0v) is 15.5. The van der Waals surface area contributed by atoms with Gasteiger partial charge in [-0.2, -0.15) is 13.2 Å². The fourth-order valence-corrected chi connectivity index (χ4v) is 3.46.